The van der Waals surface area contributed by atoms with E-state index in [4.69, 9.17) is 4.74 Å². The molecule has 0 spiro atoms. The Hall–Kier alpha value is -1.71. The van der Waals surface area contributed by atoms with Gasteiger partial charge in [0.1, 0.15) is 5.75 Å². The molecule has 1 saturated heterocycles. The van der Waals surface area contributed by atoms with Gasteiger partial charge in [0, 0.05) is 13.1 Å². The summed E-state index contributed by atoms with van der Waals surface area (Å²) < 4.78 is 5.62. The average molecular weight is 276 g/mol. The fourth-order valence-corrected chi connectivity index (χ4v) is 2.46. The molecule has 2 rings (SSSR count). The Balaban J connectivity index is 1.76. The molecule has 20 heavy (non-hydrogen) atoms. The zero-order valence-electron chi connectivity index (χ0n) is 12.6. The number of hydrogen-bond donors (Lipinski definition) is 1. The van der Waals surface area contributed by atoms with Crippen LogP contribution in [0, 0.1) is 19.8 Å². The first-order valence-electron chi connectivity index (χ1n) is 7.29. The molecule has 0 bridgehead atoms. The summed E-state index contributed by atoms with van der Waals surface area (Å²) in [6.07, 6.45) is 2.18. The molecule has 0 unspecified atom stereocenters. The summed E-state index contributed by atoms with van der Waals surface area (Å²) in [6, 6.07) is 6.00. The van der Waals surface area contributed by atoms with Gasteiger partial charge in [-0.15, -0.1) is 0 Å². The molecule has 0 saturated carbocycles. The molecule has 0 atom stereocenters. The third-order valence-corrected chi connectivity index (χ3v) is 3.85. The number of carbonyl (C=O) groups excluding carboxylic acids is 1. The molecule has 4 nitrogen and oxygen atoms in total. The monoisotopic (exact) mass is 276 g/mol. The quantitative estimate of drug-likeness (QED) is 0.862. The Morgan fingerprint density at radius 3 is 2.70 bits per heavy atom. The van der Waals surface area contributed by atoms with Gasteiger partial charge in [0.25, 0.3) is 0 Å². The summed E-state index contributed by atoms with van der Waals surface area (Å²) >= 11 is 0. The number of benzene rings is 1. The molecule has 0 aliphatic carbocycles. The Bertz CT molecular complexity index is 466. The van der Waals surface area contributed by atoms with Crippen LogP contribution in [0.3, 0.4) is 0 Å². The molecular formula is C16H24N2O2. The summed E-state index contributed by atoms with van der Waals surface area (Å²) in [5, 5.41) is 2.82. The van der Waals surface area contributed by atoms with Crippen molar-refractivity contribution in [2.75, 3.05) is 19.8 Å². The van der Waals surface area contributed by atoms with Gasteiger partial charge in [0.05, 0.1) is 0 Å². The van der Waals surface area contributed by atoms with E-state index in [1.165, 1.54) is 5.56 Å². The minimum Gasteiger partial charge on any atom is -0.473 e. The van der Waals surface area contributed by atoms with Gasteiger partial charge >= 0.3 is 6.03 Å². The van der Waals surface area contributed by atoms with Crippen molar-refractivity contribution in [3.05, 3.63) is 29.3 Å². The molecule has 0 aromatic heterocycles. The van der Waals surface area contributed by atoms with E-state index in [9.17, 15) is 4.79 Å². The second-order valence-corrected chi connectivity index (χ2v) is 5.71. The largest absolute Gasteiger partial charge is 0.473 e. The van der Waals surface area contributed by atoms with Gasteiger partial charge in [-0.3, -0.25) is 0 Å². The SMILES string of the molecule is Cc1ccc(OCNC(=O)N2CCC(C)CC2)c(C)c1. The van der Waals surface area contributed by atoms with Crippen LogP contribution < -0.4 is 10.1 Å². The summed E-state index contributed by atoms with van der Waals surface area (Å²) in [4.78, 5) is 13.8. The number of nitrogens with zero attached hydrogens (tertiary/aromatic N) is 1. The number of rotatable bonds is 3. The van der Waals surface area contributed by atoms with Crippen LogP contribution in [0.15, 0.2) is 18.2 Å². The first-order valence-corrected chi connectivity index (χ1v) is 7.29. The molecule has 1 N–H and O–H groups in total. The number of ether oxygens (including phenoxy) is 1. The average Bonchev–Trinajstić information content (AvgIpc) is 2.42. The lowest BCUT2D eigenvalue weighted by atomic mass is 10.00. The van der Waals surface area contributed by atoms with Crippen LogP contribution in [-0.4, -0.2) is 30.8 Å². The van der Waals surface area contributed by atoms with Crippen LogP contribution in [0.2, 0.25) is 0 Å². The second-order valence-electron chi connectivity index (χ2n) is 5.71. The van der Waals surface area contributed by atoms with Gasteiger partial charge in [-0.25, -0.2) is 4.79 Å². The molecule has 2 amide bonds. The number of urea groups is 1. The molecule has 110 valence electrons. The lowest BCUT2D eigenvalue weighted by molar-refractivity contribution is 0.163. The lowest BCUT2D eigenvalue weighted by Gasteiger charge is -2.30. The molecule has 4 heteroatoms. The predicted octanol–water partition coefficient (Wildman–Crippen LogP) is 3.08. The number of nitrogens with one attached hydrogen (secondary N) is 1. The van der Waals surface area contributed by atoms with E-state index in [2.05, 4.69) is 25.2 Å². The van der Waals surface area contributed by atoms with Crippen LogP contribution in [0.5, 0.6) is 5.75 Å². The predicted molar refractivity (Wildman–Crippen MR) is 79.9 cm³/mol. The van der Waals surface area contributed by atoms with Gasteiger partial charge in [-0.1, -0.05) is 24.6 Å². The number of likely N-dealkylation sites (tertiary alicyclic amines) is 1. The summed E-state index contributed by atoms with van der Waals surface area (Å²) in [6.45, 7) is 8.20. The summed E-state index contributed by atoms with van der Waals surface area (Å²) in [5.41, 5.74) is 2.30. The first-order chi connectivity index (χ1) is 9.56. The van der Waals surface area contributed by atoms with Gasteiger partial charge in [-0.2, -0.15) is 0 Å². The van der Waals surface area contributed by atoms with Gasteiger partial charge in [-0.05, 0) is 44.2 Å². The van der Waals surface area contributed by atoms with Crippen LogP contribution in [0.1, 0.15) is 30.9 Å². The second kappa shape index (κ2) is 6.64. The number of amides is 2. The van der Waals surface area contributed by atoms with E-state index in [1.807, 2.05) is 24.0 Å². The smallest absolute Gasteiger partial charge is 0.320 e. The Morgan fingerprint density at radius 1 is 1.35 bits per heavy atom. The number of aryl methyl sites for hydroxylation is 2. The zero-order chi connectivity index (χ0) is 14.5. The highest BCUT2D eigenvalue weighted by Crippen LogP contribution is 2.18. The molecule has 1 fully saturated rings. The van der Waals surface area contributed by atoms with Crippen molar-refractivity contribution in [2.24, 2.45) is 5.92 Å². The normalized spacial score (nSPS) is 16.1. The van der Waals surface area contributed by atoms with Crippen molar-refractivity contribution >= 4 is 6.03 Å². The maximum Gasteiger partial charge on any atom is 0.320 e. The van der Waals surface area contributed by atoms with E-state index < -0.39 is 0 Å². The Labute approximate surface area is 121 Å². The van der Waals surface area contributed by atoms with Crippen molar-refractivity contribution in [3.8, 4) is 5.75 Å². The molecule has 1 aromatic rings. The number of carbonyl (C=O) groups is 1. The van der Waals surface area contributed by atoms with E-state index in [0.717, 1.165) is 43.2 Å². The van der Waals surface area contributed by atoms with E-state index in [0.29, 0.717) is 0 Å². The van der Waals surface area contributed by atoms with E-state index in [-0.39, 0.29) is 12.8 Å². The zero-order valence-corrected chi connectivity index (χ0v) is 12.6. The third kappa shape index (κ3) is 3.89. The first kappa shape index (κ1) is 14.7. The molecule has 1 aromatic carbocycles. The molecule has 1 aliphatic heterocycles. The van der Waals surface area contributed by atoms with Crippen molar-refractivity contribution in [1.82, 2.24) is 10.2 Å². The van der Waals surface area contributed by atoms with Crippen LogP contribution in [0.25, 0.3) is 0 Å². The third-order valence-electron chi connectivity index (χ3n) is 3.85. The molecule has 1 aliphatic rings. The lowest BCUT2D eigenvalue weighted by Crippen LogP contribution is -2.45. The highest BCUT2D eigenvalue weighted by atomic mass is 16.5. The maximum absolute atomic E-state index is 12.0. The van der Waals surface area contributed by atoms with Crippen LogP contribution in [-0.2, 0) is 0 Å². The van der Waals surface area contributed by atoms with Crippen molar-refractivity contribution in [2.45, 2.75) is 33.6 Å². The molecular weight excluding hydrogens is 252 g/mol. The molecule has 1 heterocycles. The highest BCUT2D eigenvalue weighted by molar-refractivity contribution is 5.74. The van der Waals surface area contributed by atoms with Crippen molar-refractivity contribution in [3.63, 3.8) is 0 Å². The fraction of sp³-hybridized carbons (Fsp3) is 0.562. The van der Waals surface area contributed by atoms with Crippen LogP contribution in [0.4, 0.5) is 4.79 Å². The minimum absolute atomic E-state index is 0.0262. The van der Waals surface area contributed by atoms with E-state index >= 15 is 0 Å². The molecule has 0 radical (unpaired) electrons. The van der Waals surface area contributed by atoms with Gasteiger partial charge in [0.2, 0.25) is 0 Å². The Kier molecular flexibility index (Phi) is 4.88. The van der Waals surface area contributed by atoms with Gasteiger partial charge in [0.15, 0.2) is 6.73 Å². The van der Waals surface area contributed by atoms with Crippen molar-refractivity contribution in [1.29, 1.82) is 0 Å². The minimum atomic E-state index is -0.0262. The topological polar surface area (TPSA) is 41.6 Å². The fourth-order valence-electron chi connectivity index (χ4n) is 2.46. The Morgan fingerprint density at radius 2 is 2.05 bits per heavy atom. The van der Waals surface area contributed by atoms with Crippen LogP contribution >= 0.6 is 0 Å². The standard InChI is InChI=1S/C16H24N2O2/c1-12-6-8-18(9-7-12)16(19)17-11-20-15-5-4-13(2)10-14(15)3/h4-5,10,12H,6-9,11H2,1-3H3,(H,17,19). The van der Waals surface area contributed by atoms with E-state index in [1.54, 1.807) is 0 Å². The van der Waals surface area contributed by atoms with Gasteiger partial charge < -0.3 is 15.0 Å². The highest BCUT2D eigenvalue weighted by Gasteiger charge is 2.19. The maximum atomic E-state index is 12.0. The summed E-state index contributed by atoms with van der Waals surface area (Å²) in [5.74, 6) is 1.55. The summed E-state index contributed by atoms with van der Waals surface area (Å²) in [7, 11) is 0. The number of piperidine rings is 1. The van der Waals surface area contributed by atoms with Crippen molar-refractivity contribution < 1.29 is 9.53 Å². The number of hydrogen-bond acceptors (Lipinski definition) is 2.